The molecule has 0 spiro atoms. The number of hydrogen-bond donors (Lipinski definition) is 0. The average molecular weight is 807 g/mol. The van der Waals surface area contributed by atoms with Crippen molar-refractivity contribution < 1.29 is 8.83 Å². The fourth-order valence-electron chi connectivity index (χ4n) is 9.28. The van der Waals surface area contributed by atoms with Crippen LogP contribution in [0.2, 0.25) is 0 Å². The van der Waals surface area contributed by atoms with Gasteiger partial charge in [-0.2, -0.15) is 9.97 Å². The Bertz CT molecular complexity index is 3730. The minimum absolute atomic E-state index is 0.533. The fraction of sp³-hybridized carbons (Fsp3) is 0. The molecule has 294 valence electrons. The third-order valence-electron chi connectivity index (χ3n) is 12.3. The van der Waals surface area contributed by atoms with E-state index in [9.17, 15) is 0 Å². The topological polar surface area (TPSA) is 69.9 Å². The summed E-state index contributed by atoms with van der Waals surface area (Å²) in [5.74, 6) is 1.72. The van der Waals surface area contributed by atoms with Gasteiger partial charge in [0.25, 0.3) is 0 Å². The van der Waals surface area contributed by atoms with Crippen molar-refractivity contribution in [3.63, 3.8) is 0 Å². The van der Waals surface area contributed by atoms with Crippen molar-refractivity contribution in [2.24, 2.45) is 0 Å². The molecule has 13 rings (SSSR count). The normalized spacial score (nSPS) is 11.8. The van der Waals surface area contributed by atoms with Gasteiger partial charge in [0.2, 0.25) is 5.95 Å². The molecular formula is C57H34N4O2. The highest BCUT2D eigenvalue weighted by atomic mass is 16.3. The van der Waals surface area contributed by atoms with Crippen LogP contribution in [0.5, 0.6) is 0 Å². The van der Waals surface area contributed by atoms with E-state index in [1.165, 1.54) is 0 Å². The van der Waals surface area contributed by atoms with Gasteiger partial charge in [-0.3, -0.25) is 4.57 Å². The predicted molar refractivity (Wildman–Crippen MR) is 256 cm³/mol. The lowest BCUT2D eigenvalue weighted by molar-refractivity contribution is 0.669. The van der Waals surface area contributed by atoms with Crippen LogP contribution in [0.25, 0.3) is 128 Å². The third-order valence-corrected chi connectivity index (χ3v) is 12.3. The number of para-hydroxylation sites is 4. The Morgan fingerprint density at radius 2 is 0.714 bits per heavy atom. The Labute approximate surface area is 361 Å². The Morgan fingerprint density at radius 1 is 0.302 bits per heavy atom. The molecule has 0 atom stereocenters. The zero-order valence-electron chi connectivity index (χ0n) is 33.7. The van der Waals surface area contributed by atoms with Crippen molar-refractivity contribution in [1.82, 2.24) is 19.5 Å². The maximum absolute atomic E-state index is 6.56. The molecule has 0 saturated heterocycles. The van der Waals surface area contributed by atoms with Gasteiger partial charge in [0.1, 0.15) is 22.3 Å². The molecule has 6 nitrogen and oxygen atoms in total. The summed E-state index contributed by atoms with van der Waals surface area (Å²) in [5.41, 5.74) is 13.7. The van der Waals surface area contributed by atoms with E-state index in [1.807, 2.05) is 60.7 Å². The fourth-order valence-corrected chi connectivity index (χ4v) is 9.28. The lowest BCUT2D eigenvalue weighted by atomic mass is 9.98. The second-order valence-corrected chi connectivity index (χ2v) is 16.0. The quantitative estimate of drug-likeness (QED) is 0.167. The van der Waals surface area contributed by atoms with Crippen molar-refractivity contribution in [3.8, 4) is 62.1 Å². The zero-order valence-corrected chi connectivity index (χ0v) is 33.7. The predicted octanol–water partition coefficient (Wildman–Crippen LogP) is 15.1. The van der Waals surface area contributed by atoms with Crippen LogP contribution < -0.4 is 0 Å². The standard InChI is InChI=1S/C57H34N4O2/c1-3-13-35(14-4-1)36-25-27-38(28-26-36)56-58-55(37-15-5-2-6-16-37)59-57(60-56)61-49-31-29-39(41-19-11-21-45-43-17-7-9-23-51(43)62-53(41)45)33-47(49)48-34-40(30-32-50(48)61)42-20-12-22-46-44-18-8-10-24-52(44)63-54(42)46/h1-34H. The summed E-state index contributed by atoms with van der Waals surface area (Å²) in [6.45, 7) is 0. The maximum Gasteiger partial charge on any atom is 0.238 e. The van der Waals surface area contributed by atoms with E-state index in [2.05, 4.69) is 150 Å². The summed E-state index contributed by atoms with van der Waals surface area (Å²) in [4.78, 5) is 15.6. The van der Waals surface area contributed by atoms with Crippen LogP contribution in [-0.2, 0) is 0 Å². The molecule has 0 radical (unpaired) electrons. The minimum atomic E-state index is 0.533. The van der Waals surface area contributed by atoms with E-state index in [1.54, 1.807) is 0 Å². The number of rotatable bonds is 6. The summed E-state index contributed by atoms with van der Waals surface area (Å²) < 4.78 is 15.3. The van der Waals surface area contributed by atoms with Gasteiger partial charge in [0, 0.05) is 54.6 Å². The summed E-state index contributed by atoms with van der Waals surface area (Å²) >= 11 is 0. The molecule has 0 aliphatic heterocycles. The summed E-state index contributed by atoms with van der Waals surface area (Å²) in [6, 6.07) is 71.5. The molecule has 0 aliphatic carbocycles. The van der Waals surface area contributed by atoms with E-state index < -0.39 is 0 Å². The van der Waals surface area contributed by atoms with Gasteiger partial charge in [-0.1, -0.05) is 170 Å². The van der Waals surface area contributed by atoms with E-state index in [-0.39, 0.29) is 0 Å². The van der Waals surface area contributed by atoms with Crippen molar-refractivity contribution in [3.05, 3.63) is 206 Å². The molecule has 0 N–H and O–H groups in total. The van der Waals surface area contributed by atoms with Gasteiger partial charge >= 0.3 is 0 Å². The average Bonchev–Trinajstić information content (AvgIpc) is 4.04. The molecule has 0 fully saturated rings. The van der Waals surface area contributed by atoms with Crippen LogP contribution in [-0.4, -0.2) is 19.5 Å². The second-order valence-electron chi connectivity index (χ2n) is 16.0. The molecule has 0 aliphatic rings. The molecule has 6 heteroatoms. The Hall–Kier alpha value is -8.61. The lowest BCUT2D eigenvalue weighted by Crippen LogP contribution is -2.06. The van der Waals surface area contributed by atoms with Crippen molar-refractivity contribution in [2.45, 2.75) is 0 Å². The van der Waals surface area contributed by atoms with Crippen LogP contribution in [0.3, 0.4) is 0 Å². The second kappa shape index (κ2) is 14.0. The number of nitrogens with zero attached hydrogens (tertiary/aromatic N) is 4. The molecule has 4 heterocycles. The van der Waals surface area contributed by atoms with Crippen LogP contribution >= 0.6 is 0 Å². The van der Waals surface area contributed by atoms with Crippen LogP contribution in [0.15, 0.2) is 215 Å². The maximum atomic E-state index is 6.56. The first-order chi connectivity index (χ1) is 31.2. The van der Waals surface area contributed by atoms with E-state index >= 15 is 0 Å². The van der Waals surface area contributed by atoms with Gasteiger partial charge in [-0.05, 0) is 58.7 Å². The molecule has 63 heavy (non-hydrogen) atoms. The Kier molecular flexibility index (Phi) is 7.80. The first-order valence-electron chi connectivity index (χ1n) is 21.1. The van der Waals surface area contributed by atoms with Crippen LogP contribution in [0.4, 0.5) is 0 Å². The van der Waals surface area contributed by atoms with E-state index in [4.69, 9.17) is 23.8 Å². The number of fused-ring (bicyclic) bond motifs is 9. The van der Waals surface area contributed by atoms with Crippen molar-refractivity contribution >= 4 is 65.7 Å². The minimum Gasteiger partial charge on any atom is -0.455 e. The van der Waals surface area contributed by atoms with Gasteiger partial charge in [-0.25, -0.2) is 4.98 Å². The SMILES string of the molecule is c1ccc(-c2ccc(-c3nc(-c4ccccc4)nc(-n4c5ccc(-c6cccc7c6oc6ccccc67)cc5c5cc(-c6cccc7c6oc6ccccc67)ccc54)n3)cc2)cc1. The van der Waals surface area contributed by atoms with E-state index in [0.717, 1.165) is 110 Å². The molecule has 0 unspecified atom stereocenters. The summed E-state index contributed by atoms with van der Waals surface area (Å²) in [5, 5.41) is 6.51. The molecule has 0 bridgehead atoms. The Balaban J connectivity index is 1.06. The number of hydrogen-bond acceptors (Lipinski definition) is 5. The number of aromatic nitrogens is 4. The summed E-state index contributed by atoms with van der Waals surface area (Å²) in [7, 11) is 0. The third kappa shape index (κ3) is 5.69. The van der Waals surface area contributed by atoms with Gasteiger partial charge < -0.3 is 8.83 Å². The molecule has 9 aromatic carbocycles. The monoisotopic (exact) mass is 806 g/mol. The zero-order chi connectivity index (χ0) is 41.4. The smallest absolute Gasteiger partial charge is 0.238 e. The van der Waals surface area contributed by atoms with Crippen LogP contribution in [0.1, 0.15) is 0 Å². The highest BCUT2D eigenvalue weighted by Gasteiger charge is 2.21. The summed E-state index contributed by atoms with van der Waals surface area (Å²) in [6.07, 6.45) is 0. The first kappa shape index (κ1) is 35.2. The van der Waals surface area contributed by atoms with Gasteiger partial charge in [0.05, 0.1) is 11.0 Å². The first-order valence-corrected chi connectivity index (χ1v) is 21.1. The van der Waals surface area contributed by atoms with Crippen molar-refractivity contribution in [2.75, 3.05) is 0 Å². The van der Waals surface area contributed by atoms with Gasteiger partial charge in [0.15, 0.2) is 11.6 Å². The van der Waals surface area contributed by atoms with E-state index in [0.29, 0.717) is 17.6 Å². The lowest BCUT2D eigenvalue weighted by Gasteiger charge is -2.12. The number of benzene rings is 9. The molecule has 4 aromatic heterocycles. The van der Waals surface area contributed by atoms with Crippen molar-refractivity contribution in [1.29, 1.82) is 0 Å². The van der Waals surface area contributed by atoms with Crippen LogP contribution in [0, 0.1) is 0 Å². The Morgan fingerprint density at radius 3 is 1.25 bits per heavy atom. The van der Waals surface area contributed by atoms with Gasteiger partial charge in [-0.15, -0.1) is 0 Å². The molecular weight excluding hydrogens is 773 g/mol. The largest absolute Gasteiger partial charge is 0.455 e. The molecule has 0 saturated carbocycles. The highest BCUT2D eigenvalue weighted by Crippen LogP contribution is 2.42. The number of furan rings is 2. The molecule has 0 amide bonds. The molecule has 13 aromatic rings. The highest BCUT2D eigenvalue weighted by molar-refractivity contribution is 6.15.